The van der Waals surface area contributed by atoms with E-state index in [1.54, 1.807) is 18.2 Å². The van der Waals surface area contributed by atoms with Gasteiger partial charge in [0.2, 0.25) is 0 Å². The van der Waals surface area contributed by atoms with Crippen molar-refractivity contribution in [3.05, 3.63) is 93.0 Å². The third kappa shape index (κ3) is 6.26. The lowest BCUT2D eigenvalue weighted by Crippen LogP contribution is -2.54. The zero-order chi connectivity index (χ0) is 29.0. The van der Waals surface area contributed by atoms with E-state index >= 15 is 0 Å². The van der Waals surface area contributed by atoms with Gasteiger partial charge in [-0.1, -0.05) is 28.1 Å². The summed E-state index contributed by atoms with van der Waals surface area (Å²) >= 11 is 3.36. The minimum Gasteiger partial charge on any atom is -0.483 e. The minimum absolute atomic E-state index is 0.141. The number of hydrogen-bond acceptors (Lipinski definition) is 7. The number of urea groups is 1. The van der Waals surface area contributed by atoms with Gasteiger partial charge < -0.3 is 14.8 Å². The van der Waals surface area contributed by atoms with Gasteiger partial charge in [0.05, 0.1) is 18.4 Å². The summed E-state index contributed by atoms with van der Waals surface area (Å²) in [6.45, 7) is 3.47. The highest BCUT2D eigenvalue weighted by Crippen LogP contribution is 2.28. The lowest BCUT2D eigenvalue weighted by molar-refractivity contribution is -0.122. The van der Waals surface area contributed by atoms with Gasteiger partial charge in [-0.3, -0.25) is 19.7 Å². The number of barbiturate groups is 1. The Kier molecular flexibility index (Phi) is 8.44. The molecule has 3 aromatic carbocycles. The monoisotopic (exact) mass is 605 g/mol. The molecule has 0 saturated carbocycles. The van der Waals surface area contributed by atoms with E-state index in [9.17, 15) is 24.0 Å². The number of amides is 5. The van der Waals surface area contributed by atoms with Crippen molar-refractivity contribution in [3.63, 3.8) is 0 Å². The van der Waals surface area contributed by atoms with E-state index in [0.717, 1.165) is 16.0 Å². The smallest absolute Gasteiger partial charge is 0.337 e. The van der Waals surface area contributed by atoms with Crippen LogP contribution in [0.1, 0.15) is 27.0 Å². The predicted molar refractivity (Wildman–Crippen MR) is 151 cm³/mol. The van der Waals surface area contributed by atoms with Gasteiger partial charge in [-0.2, -0.15) is 0 Å². The van der Waals surface area contributed by atoms with Gasteiger partial charge >= 0.3 is 12.0 Å². The molecule has 0 aromatic heterocycles. The van der Waals surface area contributed by atoms with Gasteiger partial charge in [0.25, 0.3) is 17.7 Å². The molecule has 0 aliphatic carbocycles. The molecule has 0 atom stereocenters. The van der Waals surface area contributed by atoms with Crippen LogP contribution < -0.4 is 20.3 Å². The Hall–Kier alpha value is -4.77. The summed E-state index contributed by atoms with van der Waals surface area (Å²) in [6.07, 6.45) is 1.28. The van der Waals surface area contributed by atoms with Crippen LogP contribution in [0.15, 0.2) is 70.7 Å². The molecule has 5 amide bonds. The maximum Gasteiger partial charge on any atom is 0.337 e. The predicted octanol–water partition coefficient (Wildman–Crippen LogP) is 4.54. The van der Waals surface area contributed by atoms with Crippen LogP contribution in [0.4, 0.5) is 16.2 Å². The van der Waals surface area contributed by atoms with E-state index in [1.165, 1.54) is 37.5 Å². The number of rotatable bonds is 7. The van der Waals surface area contributed by atoms with Crippen molar-refractivity contribution in [1.29, 1.82) is 0 Å². The van der Waals surface area contributed by atoms with E-state index in [4.69, 9.17) is 4.74 Å². The number of esters is 1. The Morgan fingerprint density at radius 2 is 1.73 bits per heavy atom. The lowest BCUT2D eigenvalue weighted by atomic mass is 10.1. The number of carbonyl (C=O) groups is 5. The van der Waals surface area contributed by atoms with Gasteiger partial charge in [0, 0.05) is 15.7 Å². The number of nitrogens with one attached hydrogen (secondary N) is 2. The standard InChI is InChI=1S/C29H24BrN3O7/c1-16-4-5-17(2)23(12-16)31-25(34)15-40-24-11-8-20(30)13-19(24)14-22-26(35)32-29(38)33(27(22)36)21-9-6-18(7-10-21)28(37)39-3/h4-14H,15H2,1-3H3,(H,31,34)(H,32,35,38)/b22-14-. The van der Waals surface area contributed by atoms with Crippen molar-refractivity contribution in [2.45, 2.75) is 13.8 Å². The second-order valence-electron chi connectivity index (χ2n) is 8.83. The molecular formula is C29H24BrN3O7. The number of hydrogen-bond donors (Lipinski definition) is 2. The average Bonchev–Trinajstić information content (AvgIpc) is 2.92. The fraction of sp³-hybridized carbons (Fsp3) is 0.138. The van der Waals surface area contributed by atoms with Crippen LogP contribution in [0.5, 0.6) is 5.75 Å². The molecule has 1 saturated heterocycles. The van der Waals surface area contributed by atoms with Crippen LogP contribution in [0.3, 0.4) is 0 Å². The Labute approximate surface area is 238 Å². The molecule has 11 heteroatoms. The molecule has 1 aliphatic heterocycles. The number of benzene rings is 3. The third-order valence-corrected chi connectivity index (χ3v) is 6.44. The van der Waals surface area contributed by atoms with Crippen molar-refractivity contribution in [2.24, 2.45) is 0 Å². The van der Waals surface area contributed by atoms with Crippen LogP contribution >= 0.6 is 15.9 Å². The number of methoxy groups -OCH3 is 1. The maximum absolute atomic E-state index is 13.3. The molecule has 0 radical (unpaired) electrons. The van der Waals surface area contributed by atoms with Crippen LogP contribution in [0.25, 0.3) is 6.08 Å². The SMILES string of the molecule is COC(=O)c1ccc(N2C(=O)NC(=O)/C(=C/c3cc(Br)ccc3OCC(=O)Nc3cc(C)ccc3C)C2=O)cc1. The highest BCUT2D eigenvalue weighted by Gasteiger charge is 2.37. The number of imide groups is 2. The summed E-state index contributed by atoms with van der Waals surface area (Å²) in [5, 5.41) is 4.96. The summed E-state index contributed by atoms with van der Waals surface area (Å²) in [4.78, 5) is 63.7. The summed E-state index contributed by atoms with van der Waals surface area (Å²) < 4.78 is 11.0. The van der Waals surface area contributed by atoms with Crippen molar-refractivity contribution >= 4 is 63.1 Å². The lowest BCUT2D eigenvalue weighted by Gasteiger charge is -2.26. The molecule has 0 spiro atoms. The van der Waals surface area contributed by atoms with Crippen LogP contribution in [0, 0.1) is 13.8 Å². The topological polar surface area (TPSA) is 131 Å². The van der Waals surface area contributed by atoms with E-state index in [2.05, 4.69) is 31.3 Å². The number of aryl methyl sites for hydroxylation is 2. The third-order valence-electron chi connectivity index (χ3n) is 5.95. The molecule has 10 nitrogen and oxygen atoms in total. The zero-order valence-electron chi connectivity index (χ0n) is 21.7. The molecule has 40 heavy (non-hydrogen) atoms. The van der Waals surface area contributed by atoms with Crippen molar-refractivity contribution < 1.29 is 33.4 Å². The summed E-state index contributed by atoms with van der Waals surface area (Å²) in [5.74, 6) is -2.51. The Morgan fingerprint density at radius 3 is 2.42 bits per heavy atom. The minimum atomic E-state index is -0.938. The zero-order valence-corrected chi connectivity index (χ0v) is 23.3. The number of ether oxygens (including phenoxy) is 2. The summed E-state index contributed by atoms with van der Waals surface area (Å²) in [6, 6.07) is 15.2. The van der Waals surface area contributed by atoms with Gasteiger partial charge in [-0.15, -0.1) is 0 Å². The molecule has 0 unspecified atom stereocenters. The highest BCUT2D eigenvalue weighted by molar-refractivity contribution is 9.10. The van der Waals surface area contributed by atoms with Crippen LogP contribution in [0.2, 0.25) is 0 Å². The fourth-order valence-corrected chi connectivity index (χ4v) is 4.25. The molecule has 3 aromatic rings. The maximum atomic E-state index is 13.3. The van der Waals surface area contributed by atoms with Gasteiger partial charge in [-0.05, 0) is 79.6 Å². The number of nitrogens with zero attached hydrogens (tertiary/aromatic N) is 1. The molecule has 1 fully saturated rings. The van der Waals surface area contributed by atoms with E-state index in [0.29, 0.717) is 15.7 Å². The summed E-state index contributed by atoms with van der Waals surface area (Å²) in [7, 11) is 1.23. The first-order chi connectivity index (χ1) is 19.1. The van der Waals surface area contributed by atoms with Crippen molar-refractivity contribution in [1.82, 2.24) is 5.32 Å². The molecule has 204 valence electrons. The van der Waals surface area contributed by atoms with Crippen LogP contribution in [-0.2, 0) is 19.1 Å². The normalized spacial score (nSPS) is 14.2. The molecule has 0 bridgehead atoms. The first-order valence-corrected chi connectivity index (χ1v) is 12.8. The first-order valence-electron chi connectivity index (χ1n) is 12.0. The van der Waals surface area contributed by atoms with Crippen LogP contribution in [-0.4, -0.2) is 43.4 Å². The second-order valence-corrected chi connectivity index (χ2v) is 9.75. The number of halogens is 1. The fourth-order valence-electron chi connectivity index (χ4n) is 3.88. The first kappa shape index (κ1) is 28.2. The van der Waals surface area contributed by atoms with Gasteiger partial charge in [0.1, 0.15) is 11.3 Å². The quantitative estimate of drug-likeness (QED) is 0.230. The highest BCUT2D eigenvalue weighted by atomic mass is 79.9. The van der Waals surface area contributed by atoms with E-state index in [1.807, 2.05) is 32.0 Å². The number of carbonyl (C=O) groups excluding carboxylic acids is 5. The number of anilines is 2. The molecule has 1 aliphatic rings. The second kappa shape index (κ2) is 12.0. The van der Waals surface area contributed by atoms with Crippen molar-refractivity contribution in [3.8, 4) is 5.75 Å². The Morgan fingerprint density at radius 1 is 1.00 bits per heavy atom. The Bertz CT molecular complexity index is 1560. The van der Waals surface area contributed by atoms with Gasteiger partial charge in [-0.25, -0.2) is 14.5 Å². The largest absolute Gasteiger partial charge is 0.483 e. The van der Waals surface area contributed by atoms with Crippen molar-refractivity contribution in [2.75, 3.05) is 23.9 Å². The molecule has 1 heterocycles. The molecule has 2 N–H and O–H groups in total. The molecular weight excluding hydrogens is 582 g/mol. The van der Waals surface area contributed by atoms with E-state index < -0.39 is 29.7 Å². The van der Waals surface area contributed by atoms with Gasteiger partial charge in [0.15, 0.2) is 6.61 Å². The average molecular weight is 606 g/mol. The molecule has 4 rings (SSSR count). The summed E-state index contributed by atoms with van der Waals surface area (Å²) in [5.41, 5.74) is 2.91. The Balaban J connectivity index is 1.58. The van der Waals surface area contributed by atoms with E-state index in [-0.39, 0.29) is 29.2 Å².